The van der Waals surface area contributed by atoms with E-state index in [1.807, 2.05) is 7.05 Å². The first-order valence-corrected chi connectivity index (χ1v) is 7.11. The van der Waals surface area contributed by atoms with Crippen molar-refractivity contribution in [1.82, 2.24) is 14.9 Å². The van der Waals surface area contributed by atoms with E-state index in [4.69, 9.17) is 4.74 Å². The minimum Gasteiger partial charge on any atom is -0.477 e. The molecule has 19 heavy (non-hydrogen) atoms. The Morgan fingerprint density at radius 2 is 2.32 bits per heavy atom. The first kappa shape index (κ1) is 14.1. The maximum Gasteiger partial charge on any atom is 0.221 e. The summed E-state index contributed by atoms with van der Waals surface area (Å²) in [6.45, 7) is 4.03. The van der Waals surface area contributed by atoms with Crippen LogP contribution in [0.4, 0.5) is 5.82 Å². The van der Waals surface area contributed by atoms with Gasteiger partial charge in [0.05, 0.1) is 12.2 Å². The number of likely N-dealkylation sites (tertiary alicyclic amines) is 1. The van der Waals surface area contributed by atoms with Crippen LogP contribution in [0.1, 0.15) is 31.7 Å². The van der Waals surface area contributed by atoms with E-state index in [2.05, 4.69) is 34.2 Å². The molecule has 0 aromatic carbocycles. The van der Waals surface area contributed by atoms with E-state index in [-0.39, 0.29) is 0 Å². The van der Waals surface area contributed by atoms with Gasteiger partial charge in [0.15, 0.2) is 0 Å². The molecule has 0 radical (unpaired) electrons. The normalized spacial score (nSPS) is 19.6. The van der Waals surface area contributed by atoms with Crippen molar-refractivity contribution >= 4 is 5.82 Å². The average molecular weight is 264 g/mol. The number of nitrogens with zero attached hydrogens (tertiary/aromatic N) is 3. The van der Waals surface area contributed by atoms with Crippen molar-refractivity contribution in [2.75, 3.05) is 32.6 Å². The Morgan fingerprint density at radius 1 is 1.47 bits per heavy atom. The minimum absolute atomic E-state index is 0.663. The Morgan fingerprint density at radius 3 is 2.95 bits per heavy atom. The quantitative estimate of drug-likeness (QED) is 0.851. The van der Waals surface area contributed by atoms with Crippen LogP contribution in [-0.2, 0) is 6.42 Å². The summed E-state index contributed by atoms with van der Waals surface area (Å²) in [5.74, 6) is 1.59. The highest BCUT2D eigenvalue weighted by atomic mass is 16.5. The van der Waals surface area contributed by atoms with Crippen molar-refractivity contribution in [3.63, 3.8) is 0 Å². The average Bonchev–Trinajstić information content (AvgIpc) is 2.84. The Hall–Kier alpha value is -1.36. The van der Waals surface area contributed by atoms with Crippen LogP contribution >= 0.6 is 0 Å². The Balaban J connectivity index is 1.92. The largest absolute Gasteiger partial charge is 0.477 e. The van der Waals surface area contributed by atoms with E-state index in [9.17, 15) is 0 Å². The molecule has 0 aliphatic carbocycles. The van der Waals surface area contributed by atoms with E-state index in [1.54, 1.807) is 6.33 Å². The summed E-state index contributed by atoms with van der Waals surface area (Å²) in [7, 11) is 4.07. The van der Waals surface area contributed by atoms with Crippen LogP contribution in [0.3, 0.4) is 0 Å². The van der Waals surface area contributed by atoms with Gasteiger partial charge in [-0.1, -0.05) is 6.92 Å². The van der Waals surface area contributed by atoms with E-state index in [1.165, 1.54) is 19.4 Å². The summed E-state index contributed by atoms with van der Waals surface area (Å²) in [6.07, 6.45) is 6.08. The van der Waals surface area contributed by atoms with Crippen LogP contribution in [-0.4, -0.2) is 48.2 Å². The number of anilines is 1. The molecule has 1 aliphatic heterocycles. The Labute approximate surface area is 115 Å². The lowest BCUT2D eigenvalue weighted by Crippen LogP contribution is -2.26. The zero-order valence-corrected chi connectivity index (χ0v) is 12.1. The molecule has 5 nitrogen and oxygen atoms in total. The van der Waals surface area contributed by atoms with Crippen molar-refractivity contribution < 1.29 is 4.74 Å². The maximum atomic E-state index is 5.86. The van der Waals surface area contributed by atoms with Crippen molar-refractivity contribution in [2.24, 2.45) is 0 Å². The lowest BCUT2D eigenvalue weighted by molar-refractivity contribution is 0.227. The number of hydrogen-bond donors (Lipinski definition) is 1. The van der Waals surface area contributed by atoms with Crippen molar-refractivity contribution in [3.8, 4) is 5.88 Å². The fourth-order valence-corrected chi connectivity index (χ4v) is 2.69. The summed E-state index contributed by atoms with van der Waals surface area (Å²) < 4.78 is 5.86. The molecule has 5 heteroatoms. The first-order valence-electron chi connectivity index (χ1n) is 7.11. The molecular weight excluding hydrogens is 240 g/mol. The van der Waals surface area contributed by atoms with Crippen molar-refractivity contribution in [1.29, 1.82) is 0 Å². The second-order valence-corrected chi connectivity index (χ2v) is 5.02. The van der Waals surface area contributed by atoms with Gasteiger partial charge in [-0.3, -0.25) is 0 Å². The zero-order valence-electron chi connectivity index (χ0n) is 12.1. The Kier molecular flexibility index (Phi) is 4.96. The number of nitrogens with one attached hydrogen (secondary N) is 1. The van der Waals surface area contributed by atoms with Crippen LogP contribution in [0.5, 0.6) is 5.88 Å². The molecule has 1 fully saturated rings. The van der Waals surface area contributed by atoms with E-state index in [0.717, 1.165) is 36.7 Å². The number of ether oxygens (including phenoxy) is 1. The van der Waals surface area contributed by atoms with E-state index < -0.39 is 0 Å². The predicted molar refractivity (Wildman–Crippen MR) is 76.7 cm³/mol. The molecule has 1 aromatic heterocycles. The highest BCUT2D eigenvalue weighted by Crippen LogP contribution is 2.23. The van der Waals surface area contributed by atoms with Crippen LogP contribution in [0.15, 0.2) is 6.33 Å². The van der Waals surface area contributed by atoms with Gasteiger partial charge in [-0.05, 0) is 39.3 Å². The fourth-order valence-electron chi connectivity index (χ4n) is 2.69. The van der Waals surface area contributed by atoms with Crippen LogP contribution in [0, 0.1) is 0 Å². The number of hydrogen-bond acceptors (Lipinski definition) is 5. The van der Waals surface area contributed by atoms with Gasteiger partial charge >= 0.3 is 0 Å². The van der Waals surface area contributed by atoms with Gasteiger partial charge in [0, 0.05) is 13.1 Å². The standard InChI is InChI=1S/C14H24N4O/c1-4-12-13(15-2)16-10-17-14(12)19-9-7-11-6-5-8-18(11)3/h10-11H,4-9H2,1-3H3,(H,15,16,17). The monoisotopic (exact) mass is 264 g/mol. The summed E-state index contributed by atoms with van der Waals surface area (Å²) >= 11 is 0. The lowest BCUT2D eigenvalue weighted by atomic mass is 10.1. The number of aromatic nitrogens is 2. The molecule has 1 atom stereocenters. The number of rotatable bonds is 6. The minimum atomic E-state index is 0.663. The Bertz CT molecular complexity index is 410. The molecule has 1 unspecified atom stereocenters. The van der Waals surface area contributed by atoms with Gasteiger partial charge in [-0.2, -0.15) is 0 Å². The van der Waals surface area contributed by atoms with Gasteiger partial charge in [-0.15, -0.1) is 0 Å². The van der Waals surface area contributed by atoms with Crippen molar-refractivity contribution in [3.05, 3.63) is 11.9 Å². The fraction of sp³-hybridized carbons (Fsp3) is 0.714. The summed E-state index contributed by atoms with van der Waals surface area (Å²) in [5.41, 5.74) is 1.06. The van der Waals surface area contributed by atoms with Gasteiger partial charge in [-0.25, -0.2) is 9.97 Å². The molecule has 0 amide bonds. The maximum absolute atomic E-state index is 5.86. The molecule has 2 heterocycles. The lowest BCUT2D eigenvalue weighted by Gasteiger charge is -2.19. The molecule has 1 N–H and O–H groups in total. The van der Waals surface area contributed by atoms with Crippen molar-refractivity contribution in [2.45, 2.75) is 38.6 Å². The summed E-state index contributed by atoms with van der Waals surface area (Å²) in [4.78, 5) is 10.9. The zero-order chi connectivity index (χ0) is 13.7. The molecule has 1 saturated heterocycles. The highest BCUT2D eigenvalue weighted by molar-refractivity contribution is 5.48. The SMILES string of the molecule is CCc1c(NC)ncnc1OCCC1CCCN1C. The third-order valence-electron chi connectivity index (χ3n) is 3.86. The molecule has 1 aliphatic rings. The van der Waals surface area contributed by atoms with E-state index >= 15 is 0 Å². The van der Waals surface area contributed by atoms with Gasteiger partial charge in [0.2, 0.25) is 5.88 Å². The molecule has 0 saturated carbocycles. The van der Waals surface area contributed by atoms with Gasteiger partial charge in [0.25, 0.3) is 0 Å². The first-order chi connectivity index (χ1) is 9.26. The van der Waals surface area contributed by atoms with Gasteiger partial charge < -0.3 is 15.0 Å². The van der Waals surface area contributed by atoms with Crippen LogP contribution in [0.2, 0.25) is 0 Å². The van der Waals surface area contributed by atoms with Gasteiger partial charge in [0.1, 0.15) is 12.1 Å². The topological polar surface area (TPSA) is 50.3 Å². The molecular formula is C14H24N4O. The summed E-state index contributed by atoms with van der Waals surface area (Å²) in [6, 6.07) is 0.663. The summed E-state index contributed by atoms with van der Waals surface area (Å²) in [5, 5.41) is 3.09. The molecule has 1 aromatic rings. The molecule has 0 bridgehead atoms. The third kappa shape index (κ3) is 3.35. The smallest absolute Gasteiger partial charge is 0.221 e. The third-order valence-corrected chi connectivity index (χ3v) is 3.86. The predicted octanol–water partition coefficient (Wildman–Crippen LogP) is 1.94. The highest BCUT2D eigenvalue weighted by Gasteiger charge is 2.20. The molecule has 2 rings (SSSR count). The second-order valence-electron chi connectivity index (χ2n) is 5.02. The van der Waals surface area contributed by atoms with Crippen LogP contribution < -0.4 is 10.1 Å². The molecule has 0 spiro atoms. The van der Waals surface area contributed by atoms with Crippen LogP contribution in [0.25, 0.3) is 0 Å². The second kappa shape index (κ2) is 6.70. The molecule has 106 valence electrons. The van der Waals surface area contributed by atoms with E-state index in [0.29, 0.717) is 6.04 Å².